The van der Waals surface area contributed by atoms with Crippen LogP contribution in [0.2, 0.25) is 0 Å². The van der Waals surface area contributed by atoms with Gasteiger partial charge in [-0.3, -0.25) is 4.79 Å². The number of anilines is 1. The van der Waals surface area contributed by atoms with Crippen LogP contribution in [0.4, 0.5) is 10.1 Å². The molecule has 1 aromatic carbocycles. The first-order valence-electron chi connectivity index (χ1n) is 11.1. The number of rotatable bonds is 7. The highest BCUT2D eigenvalue weighted by Gasteiger charge is 2.28. The van der Waals surface area contributed by atoms with E-state index in [1.807, 2.05) is 36.1 Å². The zero-order chi connectivity index (χ0) is 21.8. The molecule has 2 aromatic rings. The fraction of sp³-hybridized carbons (Fsp3) is 0.500. The van der Waals surface area contributed by atoms with Gasteiger partial charge in [-0.2, -0.15) is 4.39 Å². The lowest BCUT2D eigenvalue weighted by molar-refractivity contribution is -0.119. The predicted octanol–water partition coefficient (Wildman–Crippen LogP) is 4.40. The highest BCUT2D eigenvalue weighted by Crippen LogP contribution is 2.32. The van der Waals surface area contributed by atoms with Crippen LogP contribution in [0.5, 0.6) is 11.6 Å². The highest BCUT2D eigenvalue weighted by atomic mass is 19.1. The quantitative estimate of drug-likeness (QED) is 0.710. The van der Waals surface area contributed by atoms with Crippen LogP contribution < -0.4 is 19.7 Å². The Hall–Kier alpha value is -2.83. The monoisotopic (exact) mass is 427 g/mol. The second-order valence-electron chi connectivity index (χ2n) is 8.44. The summed E-state index contributed by atoms with van der Waals surface area (Å²) in [5, 5.41) is 2.87. The van der Waals surface area contributed by atoms with Gasteiger partial charge in [-0.15, -0.1) is 0 Å². The van der Waals surface area contributed by atoms with Crippen molar-refractivity contribution in [3.8, 4) is 11.6 Å². The number of hydrogen-bond acceptors (Lipinski definition) is 5. The zero-order valence-corrected chi connectivity index (χ0v) is 18.1. The van der Waals surface area contributed by atoms with Crippen molar-refractivity contribution in [2.24, 2.45) is 0 Å². The third kappa shape index (κ3) is 5.27. The van der Waals surface area contributed by atoms with Gasteiger partial charge in [0.25, 0.3) is 5.88 Å². The normalized spacial score (nSPS) is 20.0. The largest absolute Gasteiger partial charge is 0.489 e. The van der Waals surface area contributed by atoms with Gasteiger partial charge in [-0.1, -0.05) is 12.1 Å². The minimum absolute atomic E-state index is 0.0228. The number of amides is 1. The van der Waals surface area contributed by atoms with E-state index in [-0.39, 0.29) is 35.9 Å². The van der Waals surface area contributed by atoms with Gasteiger partial charge in [0.2, 0.25) is 11.7 Å². The Balaban J connectivity index is 1.36. The molecule has 31 heavy (non-hydrogen) atoms. The van der Waals surface area contributed by atoms with E-state index >= 15 is 4.39 Å². The lowest BCUT2D eigenvalue weighted by atomic mass is 10.1. The summed E-state index contributed by atoms with van der Waals surface area (Å²) in [7, 11) is 0. The van der Waals surface area contributed by atoms with Crippen molar-refractivity contribution in [2.45, 2.75) is 64.2 Å². The predicted molar refractivity (Wildman–Crippen MR) is 117 cm³/mol. The number of ether oxygens (including phenoxy) is 2. The van der Waals surface area contributed by atoms with Gasteiger partial charge < -0.3 is 19.7 Å². The number of aromatic nitrogens is 1. The summed E-state index contributed by atoms with van der Waals surface area (Å²) >= 11 is 0. The van der Waals surface area contributed by atoms with Crippen LogP contribution in [0.15, 0.2) is 36.5 Å². The molecule has 7 heteroatoms. The summed E-state index contributed by atoms with van der Waals surface area (Å²) in [6.07, 6.45) is 6.67. The molecule has 0 radical (unpaired) electrons. The molecular weight excluding hydrogens is 397 g/mol. The van der Waals surface area contributed by atoms with E-state index in [4.69, 9.17) is 9.47 Å². The van der Waals surface area contributed by atoms with E-state index < -0.39 is 0 Å². The molecule has 1 amide bonds. The summed E-state index contributed by atoms with van der Waals surface area (Å²) in [5.74, 6) is 0.439. The lowest BCUT2D eigenvalue weighted by Crippen LogP contribution is -2.26. The van der Waals surface area contributed by atoms with Crippen LogP contribution in [0.3, 0.4) is 0 Å². The maximum Gasteiger partial charge on any atom is 0.252 e. The van der Waals surface area contributed by atoms with Crippen molar-refractivity contribution in [3.05, 3.63) is 47.9 Å². The van der Waals surface area contributed by atoms with E-state index in [2.05, 4.69) is 10.3 Å². The number of carbonyl (C=O) groups excluding carboxylic acids is 1. The molecule has 1 saturated carbocycles. The van der Waals surface area contributed by atoms with Gasteiger partial charge in [0, 0.05) is 26.1 Å². The minimum Gasteiger partial charge on any atom is -0.489 e. The number of benzene rings is 1. The average molecular weight is 428 g/mol. The van der Waals surface area contributed by atoms with E-state index in [9.17, 15) is 4.79 Å². The second-order valence-corrected chi connectivity index (χ2v) is 8.44. The standard InChI is InChI=1S/C24H30FN3O3/c1-16(27-17(2)29)18-7-9-20(10-8-18)30-21-12-14-28(15-21)22-11-13-26-24(23(22)25)31-19-5-3-4-6-19/h7-11,13,16,19,21H,3-6,12,14-15H2,1-2H3,(H,27,29)/t16-,21+/m0/s1. The van der Waals surface area contributed by atoms with Crippen molar-refractivity contribution in [2.75, 3.05) is 18.0 Å². The first kappa shape index (κ1) is 21.4. The molecule has 2 fully saturated rings. The number of carbonyl (C=O) groups is 1. The van der Waals surface area contributed by atoms with Crippen LogP contribution in [0.1, 0.15) is 57.6 Å². The maximum absolute atomic E-state index is 15.0. The molecule has 0 spiro atoms. The maximum atomic E-state index is 15.0. The molecule has 166 valence electrons. The van der Waals surface area contributed by atoms with E-state index in [0.29, 0.717) is 18.8 Å². The second kappa shape index (κ2) is 9.54. The molecule has 2 atom stereocenters. The Bertz CT molecular complexity index is 899. The van der Waals surface area contributed by atoms with Crippen LogP contribution in [-0.2, 0) is 4.79 Å². The number of halogens is 1. The Kier molecular flexibility index (Phi) is 6.59. The molecule has 1 saturated heterocycles. The third-order valence-corrected chi connectivity index (χ3v) is 6.01. The van der Waals surface area contributed by atoms with Gasteiger partial charge in [0.1, 0.15) is 18.0 Å². The molecular formula is C24H30FN3O3. The number of nitrogens with one attached hydrogen (secondary N) is 1. The van der Waals surface area contributed by atoms with Crippen molar-refractivity contribution >= 4 is 11.6 Å². The molecule has 0 unspecified atom stereocenters. The van der Waals surface area contributed by atoms with Crippen molar-refractivity contribution < 1.29 is 18.7 Å². The summed E-state index contributed by atoms with van der Waals surface area (Å²) in [6.45, 7) is 4.77. The van der Waals surface area contributed by atoms with Gasteiger partial charge >= 0.3 is 0 Å². The van der Waals surface area contributed by atoms with E-state index in [0.717, 1.165) is 43.4 Å². The van der Waals surface area contributed by atoms with Crippen molar-refractivity contribution in [1.29, 1.82) is 0 Å². The van der Waals surface area contributed by atoms with E-state index in [1.54, 1.807) is 12.3 Å². The third-order valence-electron chi connectivity index (χ3n) is 6.01. The first-order chi connectivity index (χ1) is 15.0. The Labute approximate surface area is 182 Å². The molecule has 2 heterocycles. The molecule has 0 bridgehead atoms. The van der Waals surface area contributed by atoms with Crippen molar-refractivity contribution in [1.82, 2.24) is 10.3 Å². The van der Waals surface area contributed by atoms with Gasteiger partial charge in [-0.25, -0.2) is 4.98 Å². The van der Waals surface area contributed by atoms with Crippen LogP contribution in [-0.4, -0.2) is 36.2 Å². The molecule has 1 N–H and O–H groups in total. The summed E-state index contributed by atoms with van der Waals surface area (Å²) in [5.41, 5.74) is 1.54. The molecule has 1 aliphatic carbocycles. The lowest BCUT2D eigenvalue weighted by Gasteiger charge is -2.21. The SMILES string of the molecule is CC(=O)N[C@@H](C)c1ccc(O[C@@H]2CCN(c3ccnc(OC4CCCC4)c3F)C2)cc1. The van der Waals surface area contributed by atoms with E-state index in [1.165, 1.54) is 6.92 Å². The van der Waals surface area contributed by atoms with Crippen LogP contribution >= 0.6 is 0 Å². The van der Waals surface area contributed by atoms with Gasteiger partial charge in [-0.05, 0) is 56.4 Å². The van der Waals surface area contributed by atoms with Gasteiger partial charge in [0.15, 0.2) is 0 Å². The Morgan fingerprint density at radius 2 is 1.87 bits per heavy atom. The summed E-state index contributed by atoms with van der Waals surface area (Å²) in [6, 6.07) is 9.39. The van der Waals surface area contributed by atoms with Crippen molar-refractivity contribution in [3.63, 3.8) is 0 Å². The minimum atomic E-state index is -0.383. The fourth-order valence-corrected chi connectivity index (χ4v) is 4.36. The van der Waals surface area contributed by atoms with Crippen LogP contribution in [0, 0.1) is 5.82 Å². The fourth-order valence-electron chi connectivity index (χ4n) is 4.36. The molecule has 2 aliphatic rings. The number of nitrogens with zero attached hydrogens (tertiary/aromatic N) is 2. The molecule has 1 aromatic heterocycles. The first-order valence-corrected chi connectivity index (χ1v) is 11.1. The van der Waals surface area contributed by atoms with Gasteiger partial charge in [0.05, 0.1) is 18.3 Å². The highest BCUT2D eigenvalue weighted by molar-refractivity contribution is 5.73. The Morgan fingerprint density at radius 1 is 1.13 bits per heavy atom. The topological polar surface area (TPSA) is 63.7 Å². The number of pyridine rings is 1. The molecule has 1 aliphatic heterocycles. The average Bonchev–Trinajstić information content (AvgIpc) is 3.42. The summed E-state index contributed by atoms with van der Waals surface area (Å²) < 4.78 is 27.0. The van der Waals surface area contributed by atoms with Crippen LogP contribution in [0.25, 0.3) is 0 Å². The molecule has 6 nitrogen and oxygen atoms in total. The summed E-state index contributed by atoms with van der Waals surface area (Å²) in [4.78, 5) is 17.3. The zero-order valence-electron chi connectivity index (χ0n) is 18.1. The number of hydrogen-bond donors (Lipinski definition) is 1. The smallest absolute Gasteiger partial charge is 0.252 e. The Morgan fingerprint density at radius 3 is 2.58 bits per heavy atom. The molecule has 4 rings (SSSR count).